The van der Waals surface area contributed by atoms with Gasteiger partial charge in [-0.25, -0.2) is 4.39 Å². The fourth-order valence-corrected chi connectivity index (χ4v) is 3.02. The predicted molar refractivity (Wildman–Crippen MR) is 98.6 cm³/mol. The highest BCUT2D eigenvalue weighted by molar-refractivity contribution is 5.70. The van der Waals surface area contributed by atoms with Gasteiger partial charge in [0.05, 0.1) is 12.7 Å². The van der Waals surface area contributed by atoms with Crippen molar-refractivity contribution >= 4 is 0 Å². The monoisotopic (exact) mass is 346 g/mol. The van der Waals surface area contributed by atoms with Gasteiger partial charge in [-0.15, -0.1) is 0 Å². The minimum atomic E-state index is -0.564. The summed E-state index contributed by atoms with van der Waals surface area (Å²) in [6.07, 6.45) is 0.544. The molecule has 2 aromatic carbocycles. The first-order chi connectivity index (χ1) is 11.9. The lowest BCUT2D eigenvalue weighted by molar-refractivity contribution is -0.0967. The Morgan fingerprint density at radius 2 is 1.72 bits per heavy atom. The van der Waals surface area contributed by atoms with Gasteiger partial charge in [0.15, 0.2) is 0 Å². The number of rotatable bonds is 7. The van der Waals surface area contributed by atoms with Gasteiger partial charge in [-0.2, -0.15) is 0 Å². The lowest BCUT2D eigenvalue weighted by Gasteiger charge is -2.34. The van der Waals surface area contributed by atoms with Crippen LogP contribution in [0.25, 0.3) is 11.1 Å². The Morgan fingerprint density at radius 1 is 1.00 bits per heavy atom. The van der Waals surface area contributed by atoms with E-state index in [0.717, 1.165) is 23.1 Å². The number of halogens is 1. The van der Waals surface area contributed by atoms with Gasteiger partial charge >= 0.3 is 0 Å². The molecule has 0 aliphatic heterocycles. The molecular formula is C21H27FO3. The van der Waals surface area contributed by atoms with E-state index in [1.165, 1.54) is 6.07 Å². The van der Waals surface area contributed by atoms with Gasteiger partial charge in [0.2, 0.25) is 0 Å². The van der Waals surface area contributed by atoms with Crippen molar-refractivity contribution in [3.05, 3.63) is 53.3 Å². The van der Waals surface area contributed by atoms with Crippen LogP contribution >= 0.6 is 0 Å². The van der Waals surface area contributed by atoms with E-state index in [4.69, 9.17) is 14.2 Å². The van der Waals surface area contributed by atoms with E-state index in [2.05, 4.69) is 13.0 Å². The van der Waals surface area contributed by atoms with Gasteiger partial charge in [-0.1, -0.05) is 25.1 Å². The summed E-state index contributed by atoms with van der Waals surface area (Å²) in [5, 5.41) is 0. The minimum absolute atomic E-state index is 0.295. The van der Waals surface area contributed by atoms with Crippen molar-refractivity contribution in [3.63, 3.8) is 0 Å². The molecule has 0 radical (unpaired) electrons. The van der Waals surface area contributed by atoms with Crippen LogP contribution in [0.15, 0.2) is 36.4 Å². The Balaban J connectivity index is 2.71. The molecule has 0 fully saturated rings. The maximum absolute atomic E-state index is 14.6. The van der Waals surface area contributed by atoms with Crippen LogP contribution in [0.4, 0.5) is 4.39 Å². The molecule has 2 rings (SSSR count). The van der Waals surface area contributed by atoms with Crippen LogP contribution in [-0.4, -0.2) is 26.9 Å². The summed E-state index contributed by atoms with van der Waals surface area (Å²) in [5.74, 6) is 0.318. The molecule has 0 aliphatic carbocycles. The van der Waals surface area contributed by atoms with E-state index in [0.29, 0.717) is 11.3 Å². The third kappa shape index (κ3) is 4.02. The van der Waals surface area contributed by atoms with E-state index in [1.54, 1.807) is 33.5 Å². The normalized spacial score (nSPS) is 12.9. The van der Waals surface area contributed by atoms with Crippen LogP contribution in [0.3, 0.4) is 0 Å². The second kappa shape index (κ2) is 7.98. The zero-order chi connectivity index (χ0) is 18.6. The van der Waals surface area contributed by atoms with Crippen LogP contribution in [0.2, 0.25) is 0 Å². The Labute approximate surface area is 149 Å². The quantitative estimate of drug-likeness (QED) is 0.692. The summed E-state index contributed by atoms with van der Waals surface area (Å²) in [6.45, 7) is 6.02. The maximum Gasteiger partial charge on any atom is 0.131 e. The highest BCUT2D eigenvalue weighted by atomic mass is 19.1. The van der Waals surface area contributed by atoms with Crippen molar-refractivity contribution in [2.75, 3.05) is 21.3 Å². The van der Waals surface area contributed by atoms with E-state index in [9.17, 15) is 4.39 Å². The molecule has 0 bridgehead atoms. The molecule has 0 amide bonds. The summed E-state index contributed by atoms with van der Waals surface area (Å²) in [7, 11) is 4.88. The highest BCUT2D eigenvalue weighted by Gasteiger charge is 2.33. The zero-order valence-electron chi connectivity index (χ0n) is 15.9. The second-order valence-electron chi connectivity index (χ2n) is 6.54. The highest BCUT2D eigenvalue weighted by Crippen LogP contribution is 2.39. The first-order valence-electron chi connectivity index (χ1n) is 8.42. The number of hydrogen-bond donors (Lipinski definition) is 0. The fraction of sp³-hybridized carbons (Fsp3) is 0.429. The Bertz CT molecular complexity index is 725. The van der Waals surface area contributed by atoms with E-state index in [-0.39, 0.29) is 11.9 Å². The molecular weight excluding hydrogens is 319 g/mol. The molecule has 136 valence electrons. The summed E-state index contributed by atoms with van der Waals surface area (Å²) in [4.78, 5) is 0. The molecule has 0 spiro atoms. The van der Waals surface area contributed by atoms with Crippen LogP contribution in [0, 0.1) is 5.82 Å². The van der Waals surface area contributed by atoms with E-state index < -0.39 is 5.60 Å². The summed E-state index contributed by atoms with van der Waals surface area (Å²) in [5.41, 5.74) is 2.78. The molecule has 0 heterocycles. The van der Waals surface area contributed by atoms with Crippen molar-refractivity contribution in [2.24, 2.45) is 0 Å². The minimum Gasteiger partial charge on any atom is -0.497 e. The van der Waals surface area contributed by atoms with Crippen LogP contribution < -0.4 is 4.74 Å². The molecule has 0 unspecified atom stereocenters. The molecule has 0 saturated carbocycles. The topological polar surface area (TPSA) is 27.7 Å². The summed E-state index contributed by atoms with van der Waals surface area (Å²) < 4.78 is 31.3. The first-order valence-corrected chi connectivity index (χ1v) is 8.42. The molecule has 0 N–H and O–H groups in total. The van der Waals surface area contributed by atoms with Gasteiger partial charge in [-0.3, -0.25) is 0 Å². The van der Waals surface area contributed by atoms with Crippen LogP contribution in [0.5, 0.6) is 5.75 Å². The largest absolute Gasteiger partial charge is 0.497 e. The number of benzene rings is 2. The molecule has 25 heavy (non-hydrogen) atoms. The second-order valence-corrected chi connectivity index (χ2v) is 6.54. The fourth-order valence-electron chi connectivity index (χ4n) is 3.02. The SMILES string of the molecule is CCc1ccc(-c2cc(OC)ccc2F)c([C@H](OC)C(C)(C)OC)c1. The van der Waals surface area contributed by atoms with Crippen LogP contribution in [0.1, 0.15) is 38.0 Å². The lowest BCUT2D eigenvalue weighted by atomic mass is 9.86. The van der Waals surface area contributed by atoms with E-state index in [1.807, 2.05) is 26.0 Å². The number of ether oxygens (including phenoxy) is 3. The van der Waals surface area contributed by atoms with Crippen molar-refractivity contribution in [2.45, 2.75) is 38.9 Å². The van der Waals surface area contributed by atoms with Gasteiger partial charge in [-0.05, 0) is 55.2 Å². The van der Waals surface area contributed by atoms with Crippen molar-refractivity contribution in [1.29, 1.82) is 0 Å². The Hall–Kier alpha value is -1.91. The number of hydrogen-bond acceptors (Lipinski definition) is 3. The average molecular weight is 346 g/mol. The number of methoxy groups -OCH3 is 3. The van der Waals surface area contributed by atoms with Crippen molar-refractivity contribution in [3.8, 4) is 16.9 Å². The van der Waals surface area contributed by atoms with Gasteiger partial charge in [0, 0.05) is 19.8 Å². The molecule has 2 aromatic rings. The molecule has 0 aromatic heterocycles. The van der Waals surface area contributed by atoms with Crippen molar-refractivity contribution in [1.82, 2.24) is 0 Å². The lowest BCUT2D eigenvalue weighted by Crippen LogP contribution is -2.33. The zero-order valence-corrected chi connectivity index (χ0v) is 15.9. The number of aryl methyl sites for hydroxylation is 1. The standard InChI is InChI=1S/C21H27FO3/c1-7-14-8-10-16(17-13-15(23-4)9-11-19(17)22)18(12-14)20(24-5)21(2,3)25-6/h8-13,20H,7H2,1-6H3/t20-/m0/s1. The first kappa shape index (κ1) is 19.4. The molecule has 1 atom stereocenters. The molecule has 4 heteroatoms. The summed E-state index contributed by atoms with van der Waals surface area (Å²) in [6, 6.07) is 10.8. The average Bonchev–Trinajstić information content (AvgIpc) is 2.62. The third-order valence-corrected chi connectivity index (χ3v) is 4.66. The smallest absolute Gasteiger partial charge is 0.131 e. The molecule has 0 saturated heterocycles. The van der Waals surface area contributed by atoms with Crippen LogP contribution in [-0.2, 0) is 15.9 Å². The van der Waals surface area contributed by atoms with Gasteiger partial charge in [0.1, 0.15) is 17.7 Å². The molecule has 0 aliphatic rings. The molecule has 3 nitrogen and oxygen atoms in total. The Morgan fingerprint density at radius 3 is 2.28 bits per heavy atom. The predicted octanol–water partition coefficient (Wildman–Crippen LogP) is 5.18. The maximum atomic E-state index is 14.6. The Kier molecular flexibility index (Phi) is 6.20. The van der Waals surface area contributed by atoms with Crippen molar-refractivity contribution < 1.29 is 18.6 Å². The van der Waals surface area contributed by atoms with Gasteiger partial charge in [0.25, 0.3) is 0 Å². The van der Waals surface area contributed by atoms with Gasteiger partial charge < -0.3 is 14.2 Å². The third-order valence-electron chi connectivity index (χ3n) is 4.66. The summed E-state index contributed by atoms with van der Waals surface area (Å²) >= 11 is 0. The van der Waals surface area contributed by atoms with E-state index >= 15 is 0 Å².